The molecule has 1 aliphatic carbocycles. The average Bonchev–Trinajstić information content (AvgIpc) is 2.80. The highest BCUT2D eigenvalue weighted by molar-refractivity contribution is 5.88. The second kappa shape index (κ2) is 11.3. The molecule has 1 atom stereocenters. The normalized spacial score (nSPS) is 15.1. The number of amides is 2. The summed E-state index contributed by atoms with van der Waals surface area (Å²) in [6.45, 7) is 7.40. The summed E-state index contributed by atoms with van der Waals surface area (Å²) in [7, 11) is 0. The molecule has 33 heavy (non-hydrogen) atoms. The van der Waals surface area contributed by atoms with Gasteiger partial charge in [0.1, 0.15) is 17.6 Å². The van der Waals surface area contributed by atoms with Gasteiger partial charge in [-0.2, -0.15) is 0 Å². The lowest BCUT2D eigenvalue weighted by Gasteiger charge is -2.31. The van der Waals surface area contributed by atoms with E-state index in [4.69, 9.17) is 4.74 Å². The summed E-state index contributed by atoms with van der Waals surface area (Å²) >= 11 is 0. The van der Waals surface area contributed by atoms with E-state index in [1.807, 2.05) is 26.8 Å². The van der Waals surface area contributed by atoms with Crippen molar-refractivity contribution in [3.8, 4) is 5.75 Å². The molecule has 2 aromatic carbocycles. The van der Waals surface area contributed by atoms with Crippen LogP contribution in [0.1, 0.15) is 61.3 Å². The summed E-state index contributed by atoms with van der Waals surface area (Å²) in [5.74, 6) is -0.329. The third-order valence-electron chi connectivity index (χ3n) is 6.53. The van der Waals surface area contributed by atoms with E-state index in [2.05, 4.69) is 11.4 Å². The molecule has 2 amide bonds. The predicted molar refractivity (Wildman–Crippen MR) is 128 cm³/mol. The number of benzene rings is 2. The van der Waals surface area contributed by atoms with Crippen molar-refractivity contribution in [2.24, 2.45) is 0 Å². The molecule has 0 unspecified atom stereocenters. The van der Waals surface area contributed by atoms with Crippen LogP contribution >= 0.6 is 0 Å². The van der Waals surface area contributed by atoms with Crippen molar-refractivity contribution < 1.29 is 18.7 Å². The number of carbonyl (C=O) groups excluding carboxylic acids is 2. The number of nitrogens with zero attached hydrogens (tertiary/aromatic N) is 1. The van der Waals surface area contributed by atoms with Gasteiger partial charge in [0.2, 0.25) is 5.91 Å². The van der Waals surface area contributed by atoms with Crippen molar-refractivity contribution in [3.63, 3.8) is 0 Å². The maximum absolute atomic E-state index is 14.4. The van der Waals surface area contributed by atoms with Crippen molar-refractivity contribution in [1.29, 1.82) is 0 Å². The van der Waals surface area contributed by atoms with E-state index in [1.54, 1.807) is 25.1 Å². The molecule has 1 N–H and O–H groups in total. The number of nitrogens with one attached hydrogen (secondary N) is 1. The fraction of sp³-hybridized carbons (Fsp3) is 0.481. The molecule has 0 aliphatic heterocycles. The Kier molecular flexibility index (Phi) is 8.48. The van der Waals surface area contributed by atoms with Crippen molar-refractivity contribution in [3.05, 3.63) is 64.5 Å². The first kappa shape index (κ1) is 24.7. The Bertz CT molecular complexity index is 985. The van der Waals surface area contributed by atoms with Crippen molar-refractivity contribution in [1.82, 2.24) is 10.2 Å². The van der Waals surface area contributed by atoms with Gasteiger partial charge >= 0.3 is 0 Å². The molecule has 3 rings (SSSR count). The minimum absolute atomic E-state index is 0.0000522. The Morgan fingerprint density at radius 1 is 1.12 bits per heavy atom. The number of hydrogen-bond acceptors (Lipinski definition) is 3. The first-order chi connectivity index (χ1) is 15.8. The molecular weight excluding hydrogens is 419 g/mol. The fourth-order valence-corrected chi connectivity index (χ4v) is 4.33. The van der Waals surface area contributed by atoms with Crippen LogP contribution in [0.15, 0.2) is 36.4 Å². The summed E-state index contributed by atoms with van der Waals surface area (Å²) in [4.78, 5) is 27.7. The van der Waals surface area contributed by atoms with Gasteiger partial charge in [0.25, 0.3) is 5.91 Å². The lowest BCUT2D eigenvalue weighted by molar-refractivity contribution is -0.142. The summed E-state index contributed by atoms with van der Waals surface area (Å²) in [5, 5.41) is 3.08. The molecule has 1 fully saturated rings. The Balaban J connectivity index is 1.76. The van der Waals surface area contributed by atoms with Crippen LogP contribution in [-0.2, 0) is 16.1 Å². The van der Waals surface area contributed by atoms with E-state index in [9.17, 15) is 14.0 Å². The summed E-state index contributed by atoms with van der Waals surface area (Å²) in [6.07, 6.45) is 5.29. The van der Waals surface area contributed by atoms with E-state index in [0.29, 0.717) is 11.3 Å². The fourth-order valence-electron chi connectivity index (χ4n) is 4.33. The topological polar surface area (TPSA) is 58.6 Å². The third kappa shape index (κ3) is 6.56. The first-order valence-corrected chi connectivity index (χ1v) is 11.8. The highest BCUT2D eigenvalue weighted by atomic mass is 19.1. The molecule has 5 nitrogen and oxygen atoms in total. The summed E-state index contributed by atoms with van der Waals surface area (Å²) in [5.41, 5.74) is 3.47. The number of hydrogen-bond donors (Lipinski definition) is 1. The van der Waals surface area contributed by atoms with Gasteiger partial charge in [0, 0.05) is 18.2 Å². The highest BCUT2D eigenvalue weighted by Gasteiger charge is 2.29. The largest absolute Gasteiger partial charge is 0.483 e. The molecule has 6 heteroatoms. The average molecular weight is 455 g/mol. The number of rotatable bonds is 8. The molecule has 0 bridgehead atoms. The summed E-state index contributed by atoms with van der Waals surface area (Å²) in [6, 6.07) is 9.68. The van der Waals surface area contributed by atoms with E-state index in [-0.39, 0.29) is 31.0 Å². The standard InChI is InChI=1S/C27H35FN2O3/c1-18-14-19(2)20(3)25(15-18)33-17-26(31)30(16-22-10-8-9-13-24(22)28)21(4)27(32)29-23-11-6-5-7-12-23/h8-10,13-15,21,23H,5-7,11-12,16-17H2,1-4H3,(H,29,32)/t21-/m1/s1. The van der Waals surface area contributed by atoms with Crippen LogP contribution in [-0.4, -0.2) is 35.4 Å². The zero-order valence-corrected chi connectivity index (χ0v) is 20.1. The number of halogens is 1. The van der Waals surface area contributed by atoms with Crippen LogP contribution in [0, 0.1) is 26.6 Å². The van der Waals surface area contributed by atoms with Crippen LogP contribution < -0.4 is 10.1 Å². The molecule has 0 radical (unpaired) electrons. The molecule has 0 spiro atoms. The zero-order chi connectivity index (χ0) is 24.0. The summed E-state index contributed by atoms with van der Waals surface area (Å²) < 4.78 is 20.2. The second-order valence-corrected chi connectivity index (χ2v) is 9.13. The molecule has 1 saturated carbocycles. The Hall–Kier alpha value is -2.89. The molecule has 0 aromatic heterocycles. The lowest BCUT2D eigenvalue weighted by Crippen LogP contribution is -2.51. The predicted octanol–water partition coefficient (Wildman–Crippen LogP) is 5.00. The van der Waals surface area contributed by atoms with Crippen LogP contribution in [0.2, 0.25) is 0 Å². The van der Waals surface area contributed by atoms with Crippen LogP contribution in [0.3, 0.4) is 0 Å². The highest BCUT2D eigenvalue weighted by Crippen LogP contribution is 2.24. The van der Waals surface area contributed by atoms with Gasteiger partial charge in [0.05, 0.1) is 0 Å². The second-order valence-electron chi connectivity index (χ2n) is 9.13. The minimum atomic E-state index is -0.747. The number of aryl methyl sites for hydroxylation is 2. The number of ether oxygens (including phenoxy) is 1. The molecule has 178 valence electrons. The smallest absolute Gasteiger partial charge is 0.261 e. The molecular formula is C27H35FN2O3. The monoisotopic (exact) mass is 454 g/mol. The third-order valence-corrected chi connectivity index (χ3v) is 6.53. The van der Waals surface area contributed by atoms with Gasteiger partial charge in [-0.1, -0.05) is 43.5 Å². The van der Waals surface area contributed by atoms with Crippen LogP contribution in [0.4, 0.5) is 4.39 Å². The van der Waals surface area contributed by atoms with Crippen molar-refractivity contribution in [2.45, 2.75) is 78.4 Å². The van der Waals surface area contributed by atoms with Gasteiger partial charge in [-0.05, 0) is 69.4 Å². The maximum atomic E-state index is 14.4. The molecule has 0 heterocycles. The van der Waals surface area contributed by atoms with Gasteiger partial charge < -0.3 is 15.0 Å². The Morgan fingerprint density at radius 2 is 1.82 bits per heavy atom. The van der Waals surface area contributed by atoms with Crippen LogP contribution in [0.25, 0.3) is 0 Å². The quantitative estimate of drug-likeness (QED) is 0.611. The Morgan fingerprint density at radius 3 is 2.52 bits per heavy atom. The van der Waals surface area contributed by atoms with Gasteiger partial charge in [-0.3, -0.25) is 9.59 Å². The van der Waals surface area contributed by atoms with Gasteiger partial charge in [0.15, 0.2) is 6.61 Å². The minimum Gasteiger partial charge on any atom is -0.483 e. The van der Waals surface area contributed by atoms with E-state index in [1.165, 1.54) is 17.4 Å². The molecule has 0 saturated heterocycles. The SMILES string of the molecule is Cc1cc(C)c(C)c(OCC(=O)N(Cc2ccccc2F)[C@H](C)C(=O)NC2CCCCC2)c1. The first-order valence-electron chi connectivity index (χ1n) is 11.8. The van der Waals surface area contributed by atoms with Gasteiger partial charge in [-0.25, -0.2) is 4.39 Å². The lowest BCUT2D eigenvalue weighted by atomic mass is 9.95. The Labute approximate surface area is 196 Å². The van der Waals surface area contributed by atoms with Gasteiger partial charge in [-0.15, -0.1) is 0 Å². The van der Waals surface area contributed by atoms with Crippen LogP contribution in [0.5, 0.6) is 5.75 Å². The van der Waals surface area contributed by atoms with Crippen molar-refractivity contribution >= 4 is 11.8 Å². The van der Waals surface area contributed by atoms with Crippen molar-refractivity contribution in [2.75, 3.05) is 6.61 Å². The molecule has 2 aromatic rings. The molecule has 1 aliphatic rings. The zero-order valence-electron chi connectivity index (χ0n) is 20.1. The maximum Gasteiger partial charge on any atom is 0.261 e. The number of carbonyl (C=O) groups is 2. The van der Waals surface area contributed by atoms with E-state index < -0.39 is 11.9 Å². The van der Waals surface area contributed by atoms with E-state index in [0.717, 1.165) is 42.4 Å². The van der Waals surface area contributed by atoms with E-state index >= 15 is 0 Å².